The molecule has 3 heterocycles. The minimum absolute atomic E-state index is 0.0186. The lowest BCUT2D eigenvalue weighted by molar-refractivity contribution is -0.117. The van der Waals surface area contributed by atoms with E-state index in [0.29, 0.717) is 30.9 Å². The third-order valence-electron chi connectivity index (χ3n) is 4.87. The van der Waals surface area contributed by atoms with Gasteiger partial charge in [0.15, 0.2) is 11.6 Å². The molecule has 0 spiro atoms. The van der Waals surface area contributed by atoms with Gasteiger partial charge in [0.25, 0.3) is 5.91 Å². The number of nitrogens with one attached hydrogen (secondary N) is 1. The first kappa shape index (κ1) is 18.1. The van der Waals surface area contributed by atoms with E-state index in [1.165, 1.54) is 4.90 Å². The second-order valence-corrected chi connectivity index (χ2v) is 6.86. The lowest BCUT2D eigenvalue weighted by atomic mass is 10.1. The molecule has 10 nitrogen and oxygen atoms in total. The van der Waals surface area contributed by atoms with Crippen molar-refractivity contribution in [2.24, 2.45) is 0 Å². The van der Waals surface area contributed by atoms with Gasteiger partial charge in [-0.2, -0.15) is 0 Å². The predicted molar refractivity (Wildman–Crippen MR) is 97.5 cm³/mol. The van der Waals surface area contributed by atoms with Gasteiger partial charge in [-0.15, -0.1) is 10.2 Å². The van der Waals surface area contributed by atoms with Gasteiger partial charge in [-0.25, -0.2) is 4.79 Å². The van der Waals surface area contributed by atoms with Gasteiger partial charge in [-0.3, -0.25) is 19.8 Å². The lowest BCUT2D eigenvalue weighted by Crippen LogP contribution is -2.40. The highest BCUT2D eigenvalue weighted by Crippen LogP contribution is 2.24. The number of carbonyl (C=O) groups excluding carboxylic acids is 3. The van der Waals surface area contributed by atoms with Crippen molar-refractivity contribution in [1.29, 1.82) is 0 Å². The van der Waals surface area contributed by atoms with Crippen LogP contribution in [-0.2, 0) is 22.7 Å². The molecule has 1 aromatic heterocycles. The first-order valence-corrected chi connectivity index (χ1v) is 8.90. The van der Waals surface area contributed by atoms with Crippen molar-refractivity contribution in [3.63, 3.8) is 0 Å². The van der Waals surface area contributed by atoms with E-state index < -0.39 is 6.03 Å². The zero-order valence-corrected chi connectivity index (χ0v) is 15.6. The Hall–Kier alpha value is -3.27. The molecule has 2 aliphatic rings. The fourth-order valence-electron chi connectivity index (χ4n) is 3.61. The zero-order valence-electron chi connectivity index (χ0n) is 15.6. The van der Waals surface area contributed by atoms with E-state index in [1.807, 2.05) is 11.5 Å². The van der Waals surface area contributed by atoms with Gasteiger partial charge < -0.3 is 14.2 Å². The predicted octanol–water partition coefficient (Wildman–Crippen LogP) is 0.698. The number of imide groups is 1. The number of carbonyl (C=O) groups is 3. The van der Waals surface area contributed by atoms with Crippen molar-refractivity contribution in [2.75, 3.05) is 25.1 Å². The number of rotatable bonds is 4. The molecule has 2 aliphatic heterocycles. The molecule has 0 saturated carbocycles. The summed E-state index contributed by atoms with van der Waals surface area (Å²) in [5.41, 5.74) is 1.07. The molecular weight excluding hydrogens is 364 g/mol. The van der Waals surface area contributed by atoms with Crippen molar-refractivity contribution in [3.05, 3.63) is 41.5 Å². The summed E-state index contributed by atoms with van der Waals surface area (Å²) < 4.78 is 7.17. The van der Waals surface area contributed by atoms with Crippen molar-refractivity contribution in [2.45, 2.75) is 26.1 Å². The summed E-state index contributed by atoms with van der Waals surface area (Å²) in [4.78, 5) is 39.1. The molecule has 1 aromatic carbocycles. The van der Waals surface area contributed by atoms with Gasteiger partial charge in [0.2, 0.25) is 5.91 Å². The van der Waals surface area contributed by atoms with E-state index in [4.69, 9.17) is 4.74 Å². The minimum Gasteiger partial charge on any atom is -0.377 e. The smallest absolute Gasteiger partial charge is 0.329 e. The number of urea groups is 1. The maximum atomic E-state index is 12.9. The molecule has 2 aromatic rings. The van der Waals surface area contributed by atoms with E-state index >= 15 is 0 Å². The van der Waals surface area contributed by atoms with Gasteiger partial charge in [0.05, 0.1) is 12.6 Å². The fraction of sp³-hybridized carbons (Fsp3) is 0.389. The Balaban J connectivity index is 1.50. The number of ether oxygens (including phenoxy) is 1. The molecule has 1 fully saturated rings. The summed E-state index contributed by atoms with van der Waals surface area (Å²) >= 11 is 0. The molecule has 0 bridgehead atoms. The van der Waals surface area contributed by atoms with Crippen molar-refractivity contribution in [1.82, 2.24) is 25.0 Å². The SMILES string of the molecule is COCc1nnc2n1[C@@H](C)CN(C(=O)c1ccc(N3CC(=O)NC3=O)cc1)C2. The maximum absolute atomic E-state index is 12.9. The molecular formula is C18H20N6O4. The first-order valence-electron chi connectivity index (χ1n) is 8.90. The van der Waals surface area contributed by atoms with Crippen LogP contribution in [0.1, 0.15) is 35.0 Å². The second kappa shape index (κ2) is 7.04. The molecule has 28 heavy (non-hydrogen) atoms. The van der Waals surface area contributed by atoms with Gasteiger partial charge in [-0.05, 0) is 31.2 Å². The van der Waals surface area contributed by atoms with Crippen LogP contribution in [0.3, 0.4) is 0 Å². The Morgan fingerprint density at radius 2 is 1.96 bits per heavy atom. The highest BCUT2D eigenvalue weighted by atomic mass is 16.5. The van der Waals surface area contributed by atoms with Crippen molar-refractivity contribution < 1.29 is 19.1 Å². The van der Waals surface area contributed by atoms with Crippen LogP contribution in [-0.4, -0.2) is 57.7 Å². The molecule has 0 aliphatic carbocycles. The Morgan fingerprint density at radius 3 is 2.61 bits per heavy atom. The van der Waals surface area contributed by atoms with Crippen LogP contribution in [0.4, 0.5) is 10.5 Å². The number of aromatic nitrogens is 3. The molecule has 1 N–H and O–H groups in total. The second-order valence-electron chi connectivity index (χ2n) is 6.86. The first-order chi connectivity index (χ1) is 13.5. The van der Waals surface area contributed by atoms with Crippen LogP contribution in [0.25, 0.3) is 0 Å². The Bertz CT molecular complexity index is 938. The van der Waals surface area contributed by atoms with Crippen LogP contribution in [0.2, 0.25) is 0 Å². The van der Waals surface area contributed by atoms with E-state index in [-0.39, 0.29) is 24.4 Å². The number of methoxy groups -OCH3 is 1. The topological polar surface area (TPSA) is 110 Å². The number of hydrogen-bond acceptors (Lipinski definition) is 6. The molecule has 0 radical (unpaired) electrons. The van der Waals surface area contributed by atoms with E-state index in [1.54, 1.807) is 36.3 Å². The standard InChI is InChI=1S/C18H20N6O4/c1-11-7-22(8-14-20-21-15(10-28-2)24(11)14)17(26)12-3-5-13(6-4-12)23-9-16(25)19-18(23)27/h3-6,11H,7-10H2,1-2H3,(H,19,25,27)/t11-/m0/s1. The van der Waals surface area contributed by atoms with Gasteiger partial charge >= 0.3 is 6.03 Å². The summed E-state index contributed by atoms with van der Waals surface area (Å²) in [7, 11) is 1.61. The monoisotopic (exact) mass is 384 g/mol. The number of fused-ring (bicyclic) bond motifs is 1. The summed E-state index contributed by atoms with van der Waals surface area (Å²) in [5, 5.41) is 10.6. The third-order valence-corrected chi connectivity index (χ3v) is 4.87. The highest BCUT2D eigenvalue weighted by molar-refractivity contribution is 6.12. The molecule has 4 amide bonds. The number of amides is 4. The molecule has 10 heteroatoms. The average molecular weight is 384 g/mol. The quantitative estimate of drug-likeness (QED) is 0.777. The number of anilines is 1. The molecule has 1 saturated heterocycles. The van der Waals surface area contributed by atoms with Gasteiger partial charge in [0.1, 0.15) is 13.2 Å². The normalized spacial score (nSPS) is 19.0. The van der Waals surface area contributed by atoms with Crippen LogP contribution in [0, 0.1) is 0 Å². The van der Waals surface area contributed by atoms with Gasteiger partial charge in [0, 0.05) is 24.9 Å². The molecule has 1 atom stereocenters. The van der Waals surface area contributed by atoms with Crippen LogP contribution in [0.5, 0.6) is 0 Å². The van der Waals surface area contributed by atoms with Crippen molar-refractivity contribution >= 4 is 23.5 Å². The number of hydrogen-bond donors (Lipinski definition) is 1. The van der Waals surface area contributed by atoms with Gasteiger partial charge in [-0.1, -0.05) is 0 Å². The number of nitrogens with zero attached hydrogens (tertiary/aromatic N) is 5. The summed E-state index contributed by atoms with van der Waals surface area (Å²) in [5.74, 6) is 1.01. The van der Waals surface area contributed by atoms with Crippen LogP contribution < -0.4 is 10.2 Å². The minimum atomic E-state index is -0.458. The van der Waals surface area contributed by atoms with E-state index in [9.17, 15) is 14.4 Å². The van der Waals surface area contributed by atoms with Crippen molar-refractivity contribution in [3.8, 4) is 0 Å². The fourth-order valence-corrected chi connectivity index (χ4v) is 3.61. The Labute approximate surface area is 161 Å². The summed E-state index contributed by atoms with van der Waals surface area (Å²) in [6, 6.07) is 6.23. The average Bonchev–Trinajstić information content (AvgIpc) is 3.24. The highest BCUT2D eigenvalue weighted by Gasteiger charge is 2.31. The zero-order chi connectivity index (χ0) is 19.8. The molecule has 146 valence electrons. The van der Waals surface area contributed by atoms with Crippen LogP contribution >= 0.6 is 0 Å². The molecule has 0 unspecified atom stereocenters. The number of benzene rings is 1. The summed E-state index contributed by atoms with van der Waals surface area (Å²) in [6.07, 6.45) is 0. The van der Waals surface area contributed by atoms with E-state index in [0.717, 1.165) is 11.6 Å². The third kappa shape index (κ3) is 3.11. The van der Waals surface area contributed by atoms with E-state index in [2.05, 4.69) is 15.5 Å². The van der Waals surface area contributed by atoms with Crippen LogP contribution in [0.15, 0.2) is 24.3 Å². The Morgan fingerprint density at radius 1 is 1.21 bits per heavy atom. The molecule has 4 rings (SSSR count). The largest absolute Gasteiger partial charge is 0.377 e. The maximum Gasteiger partial charge on any atom is 0.329 e. The summed E-state index contributed by atoms with van der Waals surface area (Å²) in [6.45, 7) is 3.27. The Kier molecular flexibility index (Phi) is 4.55. The lowest BCUT2D eigenvalue weighted by Gasteiger charge is -2.32.